The topological polar surface area (TPSA) is 59.4 Å². The number of carbonyl (C=O) groups excluding carboxylic acids is 1. The molecule has 0 bridgehead atoms. The number of unbranched alkanes of at least 4 members (excludes halogenated alkanes) is 2. The van der Waals surface area contributed by atoms with E-state index in [4.69, 9.17) is 10.1 Å². The molecule has 0 fully saturated rings. The van der Waals surface area contributed by atoms with Crippen LogP contribution < -0.4 is 0 Å². The van der Waals surface area contributed by atoms with Gasteiger partial charge in [0.1, 0.15) is 0 Å². The molecule has 0 unspecified atom stereocenters. The van der Waals surface area contributed by atoms with Crippen molar-refractivity contribution in [2.75, 3.05) is 14.2 Å². The van der Waals surface area contributed by atoms with Gasteiger partial charge in [-0.15, -0.1) is 12.4 Å². The Morgan fingerprint density at radius 1 is 1.07 bits per heavy atom. The van der Waals surface area contributed by atoms with Crippen LogP contribution in [0, 0.1) is 5.41 Å². The molecule has 0 spiro atoms. The molecular formula is C9H18ClNO3. The summed E-state index contributed by atoms with van der Waals surface area (Å²) in [6.07, 6.45) is 3.77. The van der Waals surface area contributed by atoms with Crippen LogP contribution >= 0.6 is 12.4 Å². The van der Waals surface area contributed by atoms with Crippen LogP contribution in [0.15, 0.2) is 0 Å². The summed E-state index contributed by atoms with van der Waals surface area (Å²) < 4.78 is 9.18. The first-order chi connectivity index (χ1) is 6.20. The average Bonchev–Trinajstić information content (AvgIpc) is 2.16. The van der Waals surface area contributed by atoms with Crippen molar-refractivity contribution in [2.45, 2.75) is 32.1 Å². The molecule has 0 atom stereocenters. The van der Waals surface area contributed by atoms with Crippen molar-refractivity contribution in [1.82, 2.24) is 0 Å². The lowest BCUT2D eigenvalue weighted by atomic mass is 10.1. The SMILES string of the molecule is COC(=N)CCCCCC(=O)OC.Cl. The van der Waals surface area contributed by atoms with E-state index in [-0.39, 0.29) is 18.4 Å². The summed E-state index contributed by atoms with van der Waals surface area (Å²) in [7, 11) is 2.89. The highest BCUT2D eigenvalue weighted by atomic mass is 35.5. The molecule has 0 saturated heterocycles. The van der Waals surface area contributed by atoms with Gasteiger partial charge in [-0.05, 0) is 12.8 Å². The average molecular weight is 224 g/mol. The fraction of sp³-hybridized carbons (Fsp3) is 0.778. The van der Waals surface area contributed by atoms with Gasteiger partial charge < -0.3 is 9.47 Å². The van der Waals surface area contributed by atoms with Crippen LogP contribution in [0.1, 0.15) is 32.1 Å². The van der Waals surface area contributed by atoms with Crippen molar-refractivity contribution >= 4 is 24.3 Å². The third-order valence-corrected chi connectivity index (χ3v) is 1.76. The quantitative estimate of drug-likeness (QED) is 0.325. The first-order valence-corrected chi connectivity index (χ1v) is 4.39. The maximum atomic E-state index is 10.7. The highest BCUT2D eigenvalue weighted by Gasteiger charge is 2.00. The predicted octanol–water partition coefficient (Wildman–Crippen LogP) is 2.16. The molecule has 1 N–H and O–H groups in total. The van der Waals surface area contributed by atoms with Gasteiger partial charge in [-0.3, -0.25) is 10.2 Å². The second kappa shape index (κ2) is 10.3. The molecule has 84 valence electrons. The Morgan fingerprint density at radius 3 is 2.14 bits per heavy atom. The standard InChI is InChI=1S/C9H17NO3.ClH/c1-12-8(10)6-4-3-5-7-9(11)13-2;/h10H,3-7H2,1-2H3;1H. The van der Waals surface area contributed by atoms with Crippen LogP contribution in [-0.4, -0.2) is 26.1 Å². The van der Waals surface area contributed by atoms with Crippen LogP contribution in [0.3, 0.4) is 0 Å². The fourth-order valence-electron chi connectivity index (χ4n) is 0.936. The van der Waals surface area contributed by atoms with Crippen LogP contribution in [-0.2, 0) is 14.3 Å². The highest BCUT2D eigenvalue weighted by molar-refractivity contribution is 5.85. The van der Waals surface area contributed by atoms with Gasteiger partial charge in [0.15, 0.2) is 5.90 Å². The van der Waals surface area contributed by atoms with E-state index in [0.29, 0.717) is 18.7 Å². The fourth-order valence-corrected chi connectivity index (χ4v) is 0.936. The molecule has 4 nitrogen and oxygen atoms in total. The van der Waals surface area contributed by atoms with Gasteiger partial charge in [-0.2, -0.15) is 0 Å². The zero-order valence-corrected chi connectivity index (χ0v) is 9.49. The lowest BCUT2D eigenvalue weighted by Crippen LogP contribution is -2.01. The summed E-state index contributed by atoms with van der Waals surface area (Å²) in [5, 5.41) is 7.18. The van der Waals surface area contributed by atoms with E-state index < -0.39 is 0 Å². The van der Waals surface area contributed by atoms with E-state index in [1.807, 2.05) is 0 Å². The van der Waals surface area contributed by atoms with E-state index in [0.717, 1.165) is 19.3 Å². The number of hydrogen-bond acceptors (Lipinski definition) is 4. The number of nitrogens with one attached hydrogen (secondary N) is 1. The first kappa shape index (κ1) is 15.7. The summed E-state index contributed by atoms with van der Waals surface area (Å²) in [5.41, 5.74) is 0. The molecule has 0 aliphatic carbocycles. The molecule has 0 amide bonds. The van der Waals surface area contributed by atoms with Crippen LogP contribution in [0.2, 0.25) is 0 Å². The van der Waals surface area contributed by atoms with Crippen molar-refractivity contribution in [3.05, 3.63) is 0 Å². The highest BCUT2D eigenvalue weighted by Crippen LogP contribution is 2.04. The smallest absolute Gasteiger partial charge is 0.305 e. The zero-order valence-electron chi connectivity index (χ0n) is 8.67. The minimum Gasteiger partial charge on any atom is -0.484 e. The van der Waals surface area contributed by atoms with Gasteiger partial charge in [0.05, 0.1) is 14.2 Å². The van der Waals surface area contributed by atoms with E-state index in [1.165, 1.54) is 14.2 Å². The molecule has 0 aromatic carbocycles. The number of carbonyl (C=O) groups is 1. The molecule has 0 aliphatic rings. The molecule has 0 radical (unpaired) electrons. The third-order valence-electron chi connectivity index (χ3n) is 1.76. The molecule has 0 aromatic rings. The van der Waals surface area contributed by atoms with Gasteiger partial charge in [0.25, 0.3) is 0 Å². The third kappa shape index (κ3) is 9.32. The Bertz CT molecular complexity index is 155. The molecular weight excluding hydrogens is 206 g/mol. The van der Waals surface area contributed by atoms with E-state index in [9.17, 15) is 4.79 Å². The number of rotatable bonds is 6. The second-order valence-electron chi connectivity index (χ2n) is 2.76. The number of esters is 1. The first-order valence-electron chi connectivity index (χ1n) is 4.39. The number of methoxy groups -OCH3 is 2. The maximum Gasteiger partial charge on any atom is 0.305 e. The van der Waals surface area contributed by atoms with Crippen LogP contribution in [0.25, 0.3) is 0 Å². The molecule has 0 rings (SSSR count). The van der Waals surface area contributed by atoms with Crippen molar-refractivity contribution in [1.29, 1.82) is 5.41 Å². The van der Waals surface area contributed by atoms with E-state index >= 15 is 0 Å². The predicted molar refractivity (Wildman–Crippen MR) is 57.1 cm³/mol. The lowest BCUT2D eigenvalue weighted by molar-refractivity contribution is -0.140. The van der Waals surface area contributed by atoms with Crippen molar-refractivity contribution < 1.29 is 14.3 Å². The van der Waals surface area contributed by atoms with Crippen LogP contribution in [0.5, 0.6) is 0 Å². The minimum atomic E-state index is -0.165. The molecule has 5 heteroatoms. The second-order valence-corrected chi connectivity index (χ2v) is 2.76. The van der Waals surface area contributed by atoms with Gasteiger partial charge in [-0.1, -0.05) is 6.42 Å². The normalized spacial score (nSPS) is 8.71. The molecule has 0 aliphatic heterocycles. The van der Waals surface area contributed by atoms with Crippen LogP contribution in [0.4, 0.5) is 0 Å². The molecule has 0 aromatic heterocycles. The minimum absolute atomic E-state index is 0. The van der Waals surface area contributed by atoms with Gasteiger partial charge >= 0.3 is 5.97 Å². The van der Waals surface area contributed by atoms with E-state index in [1.54, 1.807) is 0 Å². The summed E-state index contributed by atoms with van der Waals surface area (Å²) >= 11 is 0. The largest absolute Gasteiger partial charge is 0.484 e. The summed E-state index contributed by atoms with van der Waals surface area (Å²) in [4.78, 5) is 10.7. The monoisotopic (exact) mass is 223 g/mol. The number of ether oxygens (including phenoxy) is 2. The van der Waals surface area contributed by atoms with Gasteiger partial charge in [0.2, 0.25) is 0 Å². The van der Waals surface area contributed by atoms with E-state index in [2.05, 4.69) is 4.74 Å². The Labute approximate surface area is 90.9 Å². The number of halogens is 1. The zero-order chi connectivity index (χ0) is 10.1. The molecule has 0 heterocycles. The Kier molecular flexibility index (Phi) is 11.6. The van der Waals surface area contributed by atoms with Crippen molar-refractivity contribution in [2.24, 2.45) is 0 Å². The van der Waals surface area contributed by atoms with Crippen molar-refractivity contribution in [3.63, 3.8) is 0 Å². The summed E-state index contributed by atoms with van der Waals surface area (Å²) in [5.74, 6) is 0.139. The maximum absolute atomic E-state index is 10.7. The van der Waals surface area contributed by atoms with Crippen molar-refractivity contribution in [3.8, 4) is 0 Å². The molecule has 14 heavy (non-hydrogen) atoms. The number of hydrogen-bond donors (Lipinski definition) is 1. The summed E-state index contributed by atoms with van der Waals surface area (Å²) in [6, 6.07) is 0. The van der Waals surface area contributed by atoms with Gasteiger partial charge in [0, 0.05) is 12.8 Å². The Hall–Kier alpha value is -0.770. The Balaban J connectivity index is 0. The Morgan fingerprint density at radius 2 is 1.64 bits per heavy atom. The van der Waals surface area contributed by atoms with Gasteiger partial charge in [-0.25, -0.2) is 0 Å². The lowest BCUT2D eigenvalue weighted by Gasteiger charge is -2.01. The molecule has 0 saturated carbocycles. The summed E-state index contributed by atoms with van der Waals surface area (Å²) in [6.45, 7) is 0.